The molecule has 0 aliphatic carbocycles. The molecule has 1 aliphatic heterocycles. The minimum atomic E-state index is -4.20. The molecule has 1 saturated heterocycles. The summed E-state index contributed by atoms with van der Waals surface area (Å²) in [7, 11) is -2.73. The second-order valence-electron chi connectivity index (χ2n) is 10.2. The van der Waals surface area contributed by atoms with Gasteiger partial charge in [0, 0.05) is 24.1 Å². The maximum atomic E-state index is 13.5. The fraction of sp³-hybridized carbons (Fsp3) is 0.393. The van der Waals surface area contributed by atoms with Gasteiger partial charge in [-0.05, 0) is 78.9 Å². The molecule has 10 heteroatoms. The van der Waals surface area contributed by atoms with Crippen LogP contribution in [0.3, 0.4) is 0 Å². The van der Waals surface area contributed by atoms with Crippen molar-refractivity contribution >= 4 is 44.3 Å². The molecule has 202 valence electrons. The first kappa shape index (κ1) is 29.3. The molecule has 0 bridgehead atoms. The number of benzene rings is 2. The summed E-state index contributed by atoms with van der Waals surface area (Å²) in [5.74, 6) is 5.66. The van der Waals surface area contributed by atoms with Gasteiger partial charge in [-0.15, -0.1) is 0 Å². The Morgan fingerprint density at radius 2 is 1.82 bits per heavy atom. The quantitative estimate of drug-likeness (QED) is 0.345. The van der Waals surface area contributed by atoms with Crippen LogP contribution in [0.15, 0.2) is 47.4 Å². The highest BCUT2D eigenvalue weighted by Crippen LogP contribution is 2.44. The highest BCUT2D eigenvalue weighted by atomic mass is 32.3. The monoisotopic (exact) mass is 556 g/mol. The van der Waals surface area contributed by atoms with E-state index in [4.69, 9.17) is 4.74 Å². The Balaban J connectivity index is 1.74. The van der Waals surface area contributed by atoms with Crippen LogP contribution in [0, 0.1) is 24.2 Å². The van der Waals surface area contributed by atoms with Gasteiger partial charge >= 0.3 is 0 Å². The molecule has 1 fully saturated rings. The molecule has 2 aromatic rings. The molecule has 0 spiro atoms. The van der Waals surface area contributed by atoms with Gasteiger partial charge in [-0.25, -0.2) is 8.42 Å². The van der Waals surface area contributed by atoms with Gasteiger partial charge in [0.25, 0.3) is 11.1 Å². The average molecular weight is 557 g/mol. The summed E-state index contributed by atoms with van der Waals surface area (Å²) in [5, 5.41) is 4.33. The number of hydrogen-bond acceptors (Lipinski definition) is 7. The van der Waals surface area contributed by atoms with Gasteiger partial charge in [0.1, 0.15) is 5.75 Å². The molecule has 2 N–H and O–H groups in total. The van der Waals surface area contributed by atoms with Crippen molar-refractivity contribution in [2.75, 3.05) is 12.4 Å². The van der Waals surface area contributed by atoms with E-state index < -0.39 is 25.1 Å². The predicted octanol–water partition coefficient (Wildman–Crippen LogP) is 5.05. The van der Waals surface area contributed by atoms with Crippen molar-refractivity contribution in [1.29, 1.82) is 0 Å². The standard InChI is InChI=1S/C28H32N2O6S2/c1-19-10-11-21(29-24(31)18-27(2,3)4)17-20(19)9-7-6-8-16-28(25(32)30-26(33)37-28)38(34,35)23-14-12-22(36-5)13-15-23/h10-15,17H,6,8,16,18H2,1-5H3,(H,29,31)(H,30,32,33). The number of nitrogens with one attached hydrogen (secondary N) is 2. The maximum absolute atomic E-state index is 13.5. The van der Waals surface area contributed by atoms with Gasteiger partial charge in [0.05, 0.1) is 12.0 Å². The van der Waals surface area contributed by atoms with Gasteiger partial charge in [-0.1, -0.05) is 38.7 Å². The Labute approximate surface area is 228 Å². The fourth-order valence-electron chi connectivity index (χ4n) is 3.92. The van der Waals surface area contributed by atoms with Crippen molar-refractivity contribution in [3.63, 3.8) is 0 Å². The van der Waals surface area contributed by atoms with Crippen LogP contribution in [-0.2, 0) is 19.4 Å². The number of unbranched alkanes of at least 4 members (excludes halogenated alkanes) is 1. The van der Waals surface area contributed by atoms with E-state index in [9.17, 15) is 22.8 Å². The lowest BCUT2D eigenvalue weighted by atomic mass is 9.92. The van der Waals surface area contributed by atoms with Crippen LogP contribution < -0.4 is 15.4 Å². The highest BCUT2D eigenvalue weighted by molar-refractivity contribution is 8.25. The zero-order valence-electron chi connectivity index (χ0n) is 22.1. The minimum absolute atomic E-state index is 0.0670. The number of anilines is 1. The van der Waals surface area contributed by atoms with Crippen LogP contribution in [0.5, 0.6) is 5.75 Å². The summed E-state index contributed by atoms with van der Waals surface area (Å²) in [6, 6.07) is 11.2. The number of thioether (sulfide) groups is 1. The van der Waals surface area contributed by atoms with Crippen LogP contribution >= 0.6 is 11.8 Å². The number of rotatable bonds is 8. The Morgan fingerprint density at radius 3 is 2.39 bits per heavy atom. The van der Waals surface area contributed by atoms with Gasteiger partial charge < -0.3 is 10.1 Å². The molecule has 0 saturated carbocycles. The summed E-state index contributed by atoms with van der Waals surface area (Å²) < 4.78 is 30.1. The molecule has 1 unspecified atom stereocenters. The van der Waals surface area contributed by atoms with E-state index in [2.05, 4.69) is 22.5 Å². The number of carbonyl (C=O) groups excluding carboxylic acids is 3. The minimum Gasteiger partial charge on any atom is -0.497 e. The van der Waals surface area contributed by atoms with Crippen molar-refractivity contribution in [3.05, 3.63) is 53.6 Å². The third-order valence-electron chi connectivity index (χ3n) is 5.87. The first-order valence-corrected chi connectivity index (χ1v) is 14.4. The second kappa shape index (κ2) is 11.6. The number of imide groups is 1. The van der Waals surface area contributed by atoms with Gasteiger partial charge in [-0.3, -0.25) is 19.7 Å². The third-order valence-corrected chi connectivity index (χ3v) is 9.93. The van der Waals surface area contributed by atoms with Crippen LogP contribution in [0.2, 0.25) is 0 Å². The fourth-order valence-corrected chi connectivity index (χ4v) is 7.29. The SMILES string of the molecule is COc1ccc(S(=O)(=O)C2(CCCC#Cc3cc(NC(=O)CC(C)(C)C)ccc3C)SC(=O)NC2=O)cc1. The van der Waals surface area contributed by atoms with E-state index >= 15 is 0 Å². The van der Waals surface area contributed by atoms with Crippen molar-refractivity contribution in [2.24, 2.45) is 5.41 Å². The molecule has 0 aromatic heterocycles. The van der Waals surface area contributed by atoms with Gasteiger partial charge in [-0.2, -0.15) is 0 Å². The molecule has 8 nitrogen and oxygen atoms in total. The second-order valence-corrected chi connectivity index (χ2v) is 14.0. The number of amides is 3. The summed E-state index contributed by atoms with van der Waals surface area (Å²) in [6.45, 7) is 7.89. The molecule has 3 rings (SSSR count). The lowest BCUT2D eigenvalue weighted by molar-refractivity contribution is -0.120. The van der Waals surface area contributed by atoms with Gasteiger partial charge in [0.2, 0.25) is 19.8 Å². The summed E-state index contributed by atoms with van der Waals surface area (Å²) in [5.41, 5.74) is 2.19. The lowest BCUT2D eigenvalue weighted by Crippen LogP contribution is -2.43. The van der Waals surface area contributed by atoms with Crippen molar-refractivity contribution in [1.82, 2.24) is 5.32 Å². The molecule has 0 radical (unpaired) electrons. The summed E-state index contributed by atoms with van der Waals surface area (Å²) in [6.07, 6.45) is 0.885. The van der Waals surface area contributed by atoms with Crippen LogP contribution in [-0.4, -0.2) is 36.7 Å². The number of aryl methyl sites for hydroxylation is 1. The number of sulfone groups is 1. The van der Waals surface area contributed by atoms with Crippen LogP contribution in [0.4, 0.5) is 10.5 Å². The lowest BCUT2D eigenvalue weighted by Gasteiger charge is -2.24. The molecular formula is C28H32N2O6S2. The van der Waals surface area contributed by atoms with E-state index in [1.54, 1.807) is 6.07 Å². The largest absolute Gasteiger partial charge is 0.497 e. The number of methoxy groups -OCH3 is 1. The summed E-state index contributed by atoms with van der Waals surface area (Å²) in [4.78, 5) is 37.0. The number of carbonyl (C=O) groups is 3. The molecular weight excluding hydrogens is 524 g/mol. The Bertz CT molecular complexity index is 1400. The van der Waals surface area contributed by atoms with Crippen molar-refractivity contribution < 1.29 is 27.5 Å². The highest BCUT2D eigenvalue weighted by Gasteiger charge is 2.57. The maximum Gasteiger partial charge on any atom is 0.287 e. The Kier molecular flexibility index (Phi) is 8.95. The topological polar surface area (TPSA) is 119 Å². The van der Waals surface area contributed by atoms with E-state index in [0.717, 1.165) is 11.1 Å². The molecule has 1 aliphatic rings. The van der Waals surface area contributed by atoms with Gasteiger partial charge in [0.15, 0.2) is 0 Å². The van der Waals surface area contributed by atoms with Crippen LogP contribution in [0.1, 0.15) is 57.6 Å². The van der Waals surface area contributed by atoms with Crippen molar-refractivity contribution in [2.45, 2.75) is 62.4 Å². The smallest absolute Gasteiger partial charge is 0.287 e. The summed E-state index contributed by atoms with van der Waals surface area (Å²) >= 11 is 0.494. The molecule has 38 heavy (non-hydrogen) atoms. The Hall–Kier alpha value is -3.29. The third kappa shape index (κ3) is 6.77. The predicted molar refractivity (Wildman–Crippen MR) is 149 cm³/mol. The number of hydrogen-bond donors (Lipinski definition) is 2. The number of ether oxygens (including phenoxy) is 1. The van der Waals surface area contributed by atoms with E-state index in [1.165, 1.54) is 31.4 Å². The average Bonchev–Trinajstić information content (AvgIpc) is 3.13. The Morgan fingerprint density at radius 1 is 1.13 bits per heavy atom. The normalized spacial score (nSPS) is 17.4. The van der Waals surface area contributed by atoms with E-state index in [-0.39, 0.29) is 29.1 Å². The van der Waals surface area contributed by atoms with E-state index in [0.29, 0.717) is 36.0 Å². The molecule has 2 aromatic carbocycles. The molecule has 1 atom stereocenters. The first-order valence-electron chi connectivity index (χ1n) is 12.1. The zero-order valence-corrected chi connectivity index (χ0v) is 23.8. The first-order chi connectivity index (χ1) is 17.8. The van der Waals surface area contributed by atoms with Crippen molar-refractivity contribution in [3.8, 4) is 17.6 Å². The van der Waals surface area contributed by atoms with Crippen LogP contribution in [0.25, 0.3) is 0 Å². The zero-order chi connectivity index (χ0) is 28.1. The molecule has 1 heterocycles. The van der Waals surface area contributed by atoms with E-state index in [1.807, 2.05) is 39.8 Å². The molecule has 3 amide bonds.